The molecule has 0 aromatic carbocycles. The van der Waals surface area contributed by atoms with Crippen molar-refractivity contribution in [2.75, 3.05) is 24.6 Å². The van der Waals surface area contributed by atoms with E-state index in [1.165, 1.54) is 6.33 Å². The number of hydrogen-bond donors (Lipinski definition) is 1. The summed E-state index contributed by atoms with van der Waals surface area (Å²) >= 11 is 0. The van der Waals surface area contributed by atoms with Crippen LogP contribution in [0.1, 0.15) is 19.8 Å². The molecule has 16 heavy (non-hydrogen) atoms. The van der Waals surface area contributed by atoms with Crippen molar-refractivity contribution in [1.82, 2.24) is 9.97 Å². The Kier molecular flexibility index (Phi) is 3.56. The van der Waals surface area contributed by atoms with E-state index in [-0.39, 0.29) is 5.56 Å². The first kappa shape index (κ1) is 11.1. The summed E-state index contributed by atoms with van der Waals surface area (Å²) in [6.45, 7) is 4.60. The molecule has 1 aliphatic rings. The fourth-order valence-electron chi connectivity index (χ4n) is 2.02. The van der Waals surface area contributed by atoms with Gasteiger partial charge in [-0.25, -0.2) is 4.98 Å². The van der Waals surface area contributed by atoms with Gasteiger partial charge in [0.15, 0.2) is 0 Å². The molecule has 0 spiro atoms. The number of hydrogen-bond acceptors (Lipinski definition) is 4. The van der Waals surface area contributed by atoms with E-state index < -0.39 is 0 Å². The summed E-state index contributed by atoms with van der Waals surface area (Å²) in [6, 6.07) is 1.54. The smallest absolute Gasteiger partial charge is 0.252 e. The number of ether oxygens (including phenoxy) is 1. The minimum Gasteiger partial charge on any atom is -0.378 e. The second-order valence-electron chi connectivity index (χ2n) is 3.91. The van der Waals surface area contributed by atoms with Gasteiger partial charge in [0.05, 0.1) is 12.4 Å². The van der Waals surface area contributed by atoms with Crippen molar-refractivity contribution >= 4 is 5.82 Å². The Morgan fingerprint density at radius 3 is 2.94 bits per heavy atom. The van der Waals surface area contributed by atoms with E-state index in [9.17, 15) is 4.79 Å². The molecular formula is C11H17N3O2. The number of anilines is 1. The third-order valence-electron chi connectivity index (χ3n) is 2.83. The van der Waals surface area contributed by atoms with Crippen LogP contribution in [0.2, 0.25) is 0 Å². The Hall–Kier alpha value is -1.36. The predicted molar refractivity (Wildman–Crippen MR) is 61.7 cm³/mol. The maximum atomic E-state index is 11.2. The molecule has 1 aromatic rings. The van der Waals surface area contributed by atoms with Crippen LogP contribution in [-0.4, -0.2) is 35.8 Å². The summed E-state index contributed by atoms with van der Waals surface area (Å²) in [4.78, 5) is 20.0. The summed E-state index contributed by atoms with van der Waals surface area (Å²) in [7, 11) is 0. The molecule has 5 nitrogen and oxygen atoms in total. The lowest BCUT2D eigenvalue weighted by Crippen LogP contribution is -2.38. The molecule has 5 heteroatoms. The molecule has 0 amide bonds. The van der Waals surface area contributed by atoms with E-state index in [0.717, 1.165) is 38.4 Å². The second kappa shape index (κ2) is 5.12. The molecule has 1 fully saturated rings. The highest BCUT2D eigenvalue weighted by Gasteiger charge is 2.20. The summed E-state index contributed by atoms with van der Waals surface area (Å²) < 4.78 is 5.58. The van der Waals surface area contributed by atoms with Gasteiger partial charge in [-0.2, -0.15) is 0 Å². The number of piperidine rings is 1. The number of aromatic amines is 1. The largest absolute Gasteiger partial charge is 0.378 e. The topological polar surface area (TPSA) is 58.2 Å². The Bertz CT molecular complexity index is 383. The zero-order valence-corrected chi connectivity index (χ0v) is 9.48. The fourth-order valence-corrected chi connectivity index (χ4v) is 2.02. The second-order valence-corrected chi connectivity index (χ2v) is 3.91. The van der Waals surface area contributed by atoms with Crippen molar-refractivity contribution in [2.24, 2.45) is 0 Å². The van der Waals surface area contributed by atoms with E-state index in [1.54, 1.807) is 6.07 Å². The van der Waals surface area contributed by atoms with Crippen LogP contribution >= 0.6 is 0 Å². The van der Waals surface area contributed by atoms with Gasteiger partial charge in [-0.05, 0) is 19.8 Å². The molecule has 2 heterocycles. The number of rotatable bonds is 3. The van der Waals surface area contributed by atoms with Crippen molar-refractivity contribution in [1.29, 1.82) is 0 Å². The van der Waals surface area contributed by atoms with Crippen LogP contribution in [0.4, 0.5) is 5.82 Å². The molecular weight excluding hydrogens is 206 g/mol. The van der Waals surface area contributed by atoms with Crippen molar-refractivity contribution in [3.8, 4) is 0 Å². The first-order chi connectivity index (χ1) is 7.79. The number of nitrogens with one attached hydrogen (secondary N) is 1. The van der Waals surface area contributed by atoms with Gasteiger partial charge < -0.3 is 14.6 Å². The SMILES string of the molecule is CCOC1CCN(c2cc(=O)[nH]cn2)CC1. The molecule has 2 rings (SSSR count). The average molecular weight is 223 g/mol. The van der Waals surface area contributed by atoms with Crippen molar-refractivity contribution in [2.45, 2.75) is 25.9 Å². The van der Waals surface area contributed by atoms with Crippen LogP contribution in [0, 0.1) is 0 Å². The molecule has 0 aliphatic carbocycles. The Balaban J connectivity index is 1.96. The van der Waals surface area contributed by atoms with E-state index >= 15 is 0 Å². The molecule has 1 N–H and O–H groups in total. The zero-order chi connectivity index (χ0) is 11.4. The van der Waals surface area contributed by atoms with Gasteiger partial charge >= 0.3 is 0 Å². The van der Waals surface area contributed by atoms with Crippen LogP contribution in [0.3, 0.4) is 0 Å². The summed E-state index contributed by atoms with van der Waals surface area (Å²) in [6.07, 6.45) is 3.82. The number of H-pyrrole nitrogens is 1. The van der Waals surface area contributed by atoms with Crippen molar-refractivity contribution < 1.29 is 4.74 Å². The highest BCUT2D eigenvalue weighted by Crippen LogP contribution is 2.17. The van der Waals surface area contributed by atoms with E-state index in [0.29, 0.717) is 6.10 Å². The predicted octanol–water partition coefficient (Wildman–Crippen LogP) is 0.775. The lowest BCUT2D eigenvalue weighted by molar-refractivity contribution is 0.0458. The van der Waals surface area contributed by atoms with Gasteiger partial charge in [0.2, 0.25) is 0 Å². The first-order valence-electron chi connectivity index (χ1n) is 5.71. The van der Waals surface area contributed by atoms with E-state index in [4.69, 9.17) is 4.74 Å². The van der Waals surface area contributed by atoms with E-state index in [1.807, 2.05) is 6.92 Å². The van der Waals surface area contributed by atoms with Gasteiger partial charge in [-0.15, -0.1) is 0 Å². The molecule has 1 aromatic heterocycles. The van der Waals surface area contributed by atoms with Gasteiger partial charge in [0, 0.05) is 25.8 Å². The summed E-state index contributed by atoms with van der Waals surface area (Å²) in [5.41, 5.74) is -0.100. The molecule has 0 atom stereocenters. The minimum atomic E-state index is -0.100. The van der Waals surface area contributed by atoms with Crippen LogP contribution < -0.4 is 10.5 Å². The maximum absolute atomic E-state index is 11.2. The molecule has 0 unspecified atom stereocenters. The fraction of sp³-hybridized carbons (Fsp3) is 0.636. The molecule has 1 aliphatic heterocycles. The van der Waals surface area contributed by atoms with Crippen LogP contribution in [0.5, 0.6) is 0 Å². The van der Waals surface area contributed by atoms with Gasteiger partial charge in [0.1, 0.15) is 5.82 Å². The first-order valence-corrected chi connectivity index (χ1v) is 5.71. The molecule has 88 valence electrons. The summed E-state index contributed by atoms with van der Waals surface area (Å²) in [5.74, 6) is 0.763. The van der Waals surface area contributed by atoms with Gasteiger partial charge in [-0.1, -0.05) is 0 Å². The third-order valence-corrected chi connectivity index (χ3v) is 2.83. The van der Waals surface area contributed by atoms with Gasteiger partial charge in [-0.3, -0.25) is 4.79 Å². The molecule has 0 saturated carbocycles. The Morgan fingerprint density at radius 1 is 1.56 bits per heavy atom. The normalized spacial score (nSPS) is 17.7. The summed E-state index contributed by atoms with van der Waals surface area (Å²) in [5, 5.41) is 0. The maximum Gasteiger partial charge on any atom is 0.252 e. The zero-order valence-electron chi connectivity index (χ0n) is 9.48. The van der Waals surface area contributed by atoms with Crippen LogP contribution in [0.25, 0.3) is 0 Å². The van der Waals surface area contributed by atoms with Crippen molar-refractivity contribution in [3.63, 3.8) is 0 Å². The monoisotopic (exact) mass is 223 g/mol. The molecule has 1 saturated heterocycles. The van der Waals surface area contributed by atoms with E-state index in [2.05, 4.69) is 14.9 Å². The van der Waals surface area contributed by atoms with Crippen LogP contribution in [0.15, 0.2) is 17.2 Å². The van der Waals surface area contributed by atoms with Gasteiger partial charge in [0.25, 0.3) is 5.56 Å². The number of nitrogens with zero attached hydrogens (tertiary/aromatic N) is 2. The quantitative estimate of drug-likeness (QED) is 0.822. The number of aromatic nitrogens is 2. The highest BCUT2D eigenvalue weighted by molar-refractivity contribution is 5.36. The van der Waals surface area contributed by atoms with Crippen LogP contribution in [-0.2, 0) is 4.74 Å². The third kappa shape index (κ3) is 2.61. The Labute approximate surface area is 94.5 Å². The lowest BCUT2D eigenvalue weighted by atomic mass is 10.1. The minimum absolute atomic E-state index is 0.100. The Morgan fingerprint density at radius 2 is 2.31 bits per heavy atom. The van der Waals surface area contributed by atoms with Crippen molar-refractivity contribution in [3.05, 3.63) is 22.7 Å². The lowest BCUT2D eigenvalue weighted by Gasteiger charge is -2.32. The molecule has 0 bridgehead atoms. The average Bonchev–Trinajstić information content (AvgIpc) is 2.30. The molecule has 0 radical (unpaired) electrons. The standard InChI is InChI=1S/C11H17N3O2/c1-2-16-9-3-5-14(6-4-9)10-7-11(15)13-8-12-10/h7-9H,2-6H2,1H3,(H,12,13,15). The highest BCUT2D eigenvalue weighted by atomic mass is 16.5.